The van der Waals surface area contributed by atoms with Crippen LogP contribution in [0.25, 0.3) is 0 Å². The third-order valence-electron chi connectivity index (χ3n) is 3.33. The standard InChI is InChI=1S/C10H14O.C6H4N2O4/c1-3-8(2)9-4-6-10(11)7-5-9;9-7(10)5-2-1-3-6(4-5)8(11)12/h4-8,11H,3H2,1-2H3;1-4H. The average molecular weight is 318 g/mol. The highest BCUT2D eigenvalue weighted by Gasteiger charge is 2.11. The summed E-state index contributed by atoms with van der Waals surface area (Å²) in [6.45, 7) is 4.35. The summed E-state index contributed by atoms with van der Waals surface area (Å²) in [7, 11) is 0. The van der Waals surface area contributed by atoms with E-state index in [9.17, 15) is 20.2 Å². The van der Waals surface area contributed by atoms with E-state index in [4.69, 9.17) is 5.11 Å². The third-order valence-corrected chi connectivity index (χ3v) is 3.33. The van der Waals surface area contributed by atoms with Crippen molar-refractivity contribution in [1.82, 2.24) is 0 Å². The minimum Gasteiger partial charge on any atom is -0.508 e. The number of benzene rings is 2. The molecular formula is C16H18N2O5. The first-order valence-corrected chi connectivity index (χ1v) is 7.03. The molecule has 0 aromatic heterocycles. The first-order valence-electron chi connectivity index (χ1n) is 7.03. The highest BCUT2D eigenvalue weighted by atomic mass is 16.6. The predicted molar refractivity (Wildman–Crippen MR) is 86.6 cm³/mol. The fourth-order valence-electron chi connectivity index (χ4n) is 1.76. The topological polar surface area (TPSA) is 107 Å². The van der Waals surface area contributed by atoms with Crippen LogP contribution < -0.4 is 0 Å². The molecule has 23 heavy (non-hydrogen) atoms. The zero-order chi connectivity index (χ0) is 17.4. The van der Waals surface area contributed by atoms with Crippen LogP contribution in [0.1, 0.15) is 31.7 Å². The van der Waals surface area contributed by atoms with Gasteiger partial charge < -0.3 is 5.11 Å². The van der Waals surface area contributed by atoms with Gasteiger partial charge in [-0.25, -0.2) is 0 Å². The Morgan fingerprint density at radius 3 is 1.87 bits per heavy atom. The highest BCUT2D eigenvalue weighted by molar-refractivity contribution is 5.42. The van der Waals surface area contributed by atoms with Crippen LogP contribution in [0.3, 0.4) is 0 Å². The lowest BCUT2D eigenvalue weighted by molar-refractivity contribution is -0.394. The van der Waals surface area contributed by atoms with E-state index in [2.05, 4.69) is 13.8 Å². The first-order chi connectivity index (χ1) is 10.8. The van der Waals surface area contributed by atoms with Gasteiger partial charge in [0.05, 0.1) is 15.9 Å². The Morgan fingerprint density at radius 2 is 1.48 bits per heavy atom. The number of rotatable bonds is 4. The number of phenols is 1. The SMILES string of the molecule is CCC(C)c1ccc(O)cc1.O=[N+]([O-])c1cccc([N+](=O)[O-])c1. The van der Waals surface area contributed by atoms with E-state index in [1.54, 1.807) is 12.1 Å². The van der Waals surface area contributed by atoms with E-state index in [0.29, 0.717) is 11.7 Å². The molecule has 0 radical (unpaired) electrons. The smallest absolute Gasteiger partial charge is 0.276 e. The number of non-ortho nitro benzene ring substituents is 2. The van der Waals surface area contributed by atoms with Crippen molar-refractivity contribution in [3.8, 4) is 5.75 Å². The monoisotopic (exact) mass is 318 g/mol. The number of hydrogen-bond acceptors (Lipinski definition) is 5. The van der Waals surface area contributed by atoms with Gasteiger partial charge in [-0.2, -0.15) is 0 Å². The van der Waals surface area contributed by atoms with Crippen molar-refractivity contribution in [2.45, 2.75) is 26.2 Å². The molecule has 0 saturated heterocycles. The quantitative estimate of drug-likeness (QED) is 0.663. The summed E-state index contributed by atoms with van der Waals surface area (Å²) in [4.78, 5) is 19.0. The van der Waals surface area contributed by atoms with Gasteiger partial charge in [-0.3, -0.25) is 20.2 Å². The van der Waals surface area contributed by atoms with Crippen LogP contribution in [0.2, 0.25) is 0 Å². The number of nitro groups is 2. The van der Waals surface area contributed by atoms with Crippen LogP contribution in [0.4, 0.5) is 11.4 Å². The molecule has 0 heterocycles. The van der Waals surface area contributed by atoms with Crippen molar-refractivity contribution in [2.75, 3.05) is 0 Å². The lowest BCUT2D eigenvalue weighted by Crippen LogP contribution is -1.91. The Hall–Kier alpha value is -2.96. The van der Waals surface area contributed by atoms with Gasteiger partial charge in [-0.05, 0) is 36.1 Å². The second-order valence-corrected chi connectivity index (χ2v) is 4.93. The molecule has 2 rings (SSSR count). The molecule has 0 aliphatic carbocycles. The van der Waals surface area contributed by atoms with Gasteiger partial charge in [0.2, 0.25) is 0 Å². The molecule has 122 valence electrons. The molecule has 7 heteroatoms. The fraction of sp³-hybridized carbons (Fsp3) is 0.250. The molecule has 0 aliphatic rings. The van der Waals surface area contributed by atoms with Crippen molar-refractivity contribution >= 4 is 11.4 Å². The van der Waals surface area contributed by atoms with Crippen LogP contribution in [0.15, 0.2) is 48.5 Å². The van der Waals surface area contributed by atoms with Gasteiger partial charge in [0.15, 0.2) is 0 Å². The molecule has 2 aromatic rings. The van der Waals surface area contributed by atoms with Crippen molar-refractivity contribution in [2.24, 2.45) is 0 Å². The molecule has 1 unspecified atom stereocenters. The van der Waals surface area contributed by atoms with Gasteiger partial charge in [-0.15, -0.1) is 0 Å². The summed E-state index contributed by atoms with van der Waals surface area (Å²) >= 11 is 0. The maximum Gasteiger partial charge on any atom is 0.276 e. The Balaban J connectivity index is 0.000000231. The largest absolute Gasteiger partial charge is 0.508 e. The maximum atomic E-state index is 10.2. The summed E-state index contributed by atoms with van der Waals surface area (Å²) in [5.41, 5.74) is 0.749. The number of phenolic OH excluding ortho intramolecular Hbond substituents is 1. The molecule has 7 nitrogen and oxygen atoms in total. The van der Waals surface area contributed by atoms with E-state index < -0.39 is 9.85 Å². The molecule has 0 saturated carbocycles. The number of nitrogens with zero attached hydrogens (tertiary/aromatic N) is 2. The second-order valence-electron chi connectivity index (χ2n) is 4.93. The maximum absolute atomic E-state index is 10.2. The lowest BCUT2D eigenvalue weighted by atomic mass is 9.99. The van der Waals surface area contributed by atoms with Gasteiger partial charge in [0.25, 0.3) is 11.4 Å². The van der Waals surface area contributed by atoms with E-state index >= 15 is 0 Å². The lowest BCUT2D eigenvalue weighted by Gasteiger charge is -2.07. The predicted octanol–water partition coefficient (Wildman–Crippen LogP) is 4.41. The fourth-order valence-corrected chi connectivity index (χ4v) is 1.76. The molecule has 0 fully saturated rings. The highest BCUT2D eigenvalue weighted by Crippen LogP contribution is 2.20. The summed E-state index contributed by atoms with van der Waals surface area (Å²) in [6.07, 6.45) is 1.14. The number of aromatic hydroxyl groups is 1. The van der Waals surface area contributed by atoms with Gasteiger partial charge in [0, 0.05) is 12.1 Å². The molecule has 2 aromatic carbocycles. The Bertz CT molecular complexity index is 641. The zero-order valence-corrected chi connectivity index (χ0v) is 12.9. The van der Waals surface area contributed by atoms with Crippen molar-refractivity contribution in [3.63, 3.8) is 0 Å². The average Bonchev–Trinajstić information content (AvgIpc) is 2.55. The van der Waals surface area contributed by atoms with Gasteiger partial charge in [-0.1, -0.05) is 26.0 Å². The molecule has 0 amide bonds. The Morgan fingerprint density at radius 1 is 1.00 bits per heavy atom. The second kappa shape index (κ2) is 8.47. The number of nitro benzene ring substituents is 2. The molecule has 1 N–H and O–H groups in total. The molecule has 0 aliphatic heterocycles. The minimum absolute atomic E-state index is 0.274. The molecule has 1 atom stereocenters. The molecule has 0 bridgehead atoms. The van der Waals surface area contributed by atoms with Crippen LogP contribution in [-0.4, -0.2) is 15.0 Å². The van der Waals surface area contributed by atoms with Gasteiger partial charge in [0.1, 0.15) is 5.75 Å². The van der Waals surface area contributed by atoms with E-state index in [1.165, 1.54) is 23.8 Å². The molecular weight excluding hydrogens is 300 g/mol. The van der Waals surface area contributed by atoms with E-state index in [1.807, 2.05) is 12.1 Å². The summed E-state index contributed by atoms with van der Waals surface area (Å²) < 4.78 is 0. The number of hydrogen-bond donors (Lipinski definition) is 1. The van der Waals surface area contributed by atoms with Crippen molar-refractivity contribution < 1.29 is 15.0 Å². The Labute approximate surface area is 133 Å². The van der Waals surface area contributed by atoms with Crippen molar-refractivity contribution in [1.29, 1.82) is 0 Å². The first kappa shape index (κ1) is 18.1. The summed E-state index contributed by atoms with van der Waals surface area (Å²) in [5.74, 6) is 0.938. The van der Waals surface area contributed by atoms with E-state index in [-0.39, 0.29) is 11.4 Å². The van der Waals surface area contributed by atoms with Crippen molar-refractivity contribution in [3.05, 3.63) is 74.3 Å². The van der Waals surface area contributed by atoms with E-state index in [0.717, 1.165) is 12.5 Å². The summed E-state index contributed by atoms with van der Waals surface area (Å²) in [6, 6.07) is 12.0. The van der Waals surface area contributed by atoms with Crippen LogP contribution >= 0.6 is 0 Å². The molecule has 0 spiro atoms. The van der Waals surface area contributed by atoms with Crippen LogP contribution in [0, 0.1) is 20.2 Å². The third kappa shape index (κ3) is 5.74. The normalized spacial score (nSPS) is 11.0. The Kier molecular flexibility index (Phi) is 6.67. The zero-order valence-electron chi connectivity index (χ0n) is 12.9. The van der Waals surface area contributed by atoms with Crippen LogP contribution in [0.5, 0.6) is 5.75 Å². The minimum atomic E-state index is -0.674. The summed E-state index contributed by atoms with van der Waals surface area (Å²) in [5, 5.41) is 29.3. The van der Waals surface area contributed by atoms with Crippen LogP contribution in [-0.2, 0) is 0 Å². The van der Waals surface area contributed by atoms with Gasteiger partial charge >= 0.3 is 0 Å².